The lowest BCUT2D eigenvalue weighted by Gasteiger charge is -2.28. The largest absolute Gasteiger partial charge is 0.311 e. The molecule has 0 unspecified atom stereocenters. The molecule has 0 aliphatic heterocycles. The van der Waals surface area contributed by atoms with Gasteiger partial charge < -0.3 is 18.6 Å². The number of hydrogen-bond acceptors (Lipinski definition) is 2. The summed E-state index contributed by atoms with van der Waals surface area (Å²) in [7, 11) is -1.20. The fraction of sp³-hybridized carbons (Fsp3) is 0.0435. The van der Waals surface area contributed by atoms with Crippen molar-refractivity contribution >= 4 is 124 Å². The van der Waals surface area contributed by atoms with E-state index in [-0.39, 0.29) is 0 Å². The van der Waals surface area contributed by atoms with Gasteiger partial charge in [0.05, 0.1) is 41.9 Å². The average molecular weight is 963 g/mol. The zero-order valence-electron chi connectivity index (χ0n) is 41.5. The number of aromatic nitrogens is 2. The van der Waals surface area contributed by atoms with Gasteiger partial charge in [0, 0.05) is 88.3 Å². The van der Waals surface area contributed by atoms with Gasteiger partial charge >= 0.3 is 0 Å². The first-order valence-electron chi connectivity index (χ1n) is 25.9. The molecule has 0 saturated heterocycles. The van der Waals surface area contributed by atoms with Gasteiger partial charge in [0.15, 0.2) is 0 Å². The number of aryl methyl sites for hydroxylation is 1. The molecule has 4 nitrogen and oxygen atoms in total. The van der Waals surface area contributed by atoms with Gasteiger partial charge in [-0.1, -0.05) is 183 Å². The minimum absolute atomic E-state index is 1.13. The third kappa shape index (κ3) is 6.08. The lowest BCUT2D eigenvalue weighted by Crippen LogP contribution is -2.29. The lowest BCUT2D eigenvalue weighted by molar-refractivity contribution is 1.25. The normalized spacial score (nSPS) is 12.1. The molecule has 11 aromatic carbocycles. The van der Waals surface area contributed by atoms with E-state index >= 15 is 0 Å². The highest BCUT2D eigenvalue weighted by Gasteiger charge is 2.31. The molecule has 0 saturated carbocycles. The van der Waals surface area contributed by atoms with Gasteiger partial charge in [-0.05, 0) is 102 Å². The summed E-state index contributed by atoms with van der Waals surface area (Å²) < 4.78 is 5.24. The number of rotatable bonds is 9. The van der Waals surface area contributed by atoms with Crippen molar-refractivity contribution in [2.24, 2.45) is 0 Å². The lowest BCUT2D eigenvalue weighted by atomic mass is 9.89. The molecule has 0 spiro atoms. The Morgan fingerprint density at radius 3 is 1.20 bits per heavy atom. The molecule has 4 aromatic heterocycles. The van der Waals surface area contributed by atoms with Crippen molar-refractivity contribution in [2.45, 2.75) is 20.0 Å². The van der Waals surface area contributed by atoms with Crippen LogP contribution in [-0.2, 0) is 0 Å². The van der Waals surface area contributed by atoms with Gasteiger partial charge in [-0.3, -0.25) is 0 Å². The fourth-order valence-electron chi connectivity index (χ4n) is 12.7. The Morgan fingerprint density at radius 2 is 0.730 bits per heavy atom. The third-order valence-electron chi connectivity index (χ3n) is 15.8. The molecule has 15 aromatic rings. The van der Waals surface area contributed by atoms with E-state index < -0.39 is 8.80 Å². The third-order valence-corrected chi connectivity index (χ3v) is 17.5. The first-order chi connectivity index (χ1) is 36.5. The molecule has 0 atom stereocenters. The standard InChI is InChI=1S/C69H50N4Si/c1-44-22-16-17-35-57(44)70(47-27-12-6-13-28-47)49-38-40-58-55(42-49)51-31-20-33-53-64-63(46-25-10-5-11-26-46)69-65(62(45-23-8-4-9-24-45)68(64)72(58)66(51)53)54-34-21-32-52-56-43-50(39-41-59(56)73(69)67(52)54)71(48-29-14-7-15-30-48)60-36-18-19-37-61(60)74(2)3/h4-43,74H,1-3H3. The summed E-state index contributed by atoms with van der Waals surface area (Å²) in [6, 6.07) is 90.1. The molecule has 0 N–H and O–H groups in total. The highest BCUT2D eigenvalue weighted by atomic mass is 28.3. The van der Waals surface area contributed by atoms with Crippen LogP contribution in [0.5, 0.6) is 0 Å². The van der Waals surface area contributed by atoms with Crippen LogP contribution in [0.1, 0.15) is 5.56 Å². The van der Waals surface area contributed by atoms with Gasteiger partial charge in [0.25, 0.3) is 0 Å². The number of fused-ring (bicyclic) bond motifs is 12. The molecule has 0 bridgehead atoms. The Morgan fingerprint density at radius 1 is 0.324 bits per heavy atom. The van der Waals surface area contributed by atoms with E-state index in [1.54, 1.807) is 0 Å². The molecule has 74 heavy (non-hydrogen) atoms. The molecule has 15 rings (SSSR count). The van der Waals surface area contributed by atoms with Crippen molar-refractivity contribution in [3.05, 3.63) is 248 Å². The summed E-state index contributed by atoms with van der Waals surface area (Å²) >= 11 is 0. The van der Waals surface area contributed by atoms with Crippen LogP contribution in [0, 0.1) is 6.92 Å². The molecule has 350 valence electrons. The van der Waals surface area contributed by atoms with Crippen LogP contribution < -0.4 is 15.0 Å². The minimum Gasteiger partial charge on any atom is -0.311 e. The van der Waals surface area contributed by atoms with Crippen molar-refractivity contribution in [2.75, 3.05) is 9.80 Å². The summed E-state index contributed by atoms with van der Waals surface area (Å²) in [5.74, 6) is 0. The first-order valence-corrected chi connectivity index (χ1v) is 28.8. The maximum Gasteiger partial charge on any atom is 0.0674 e. The molecule has 0 radical (unpaired) electrons. The van der Waals surface area contributed by atoms with E-state index in [1.807, 2.05) is 0 Å². The van der Waals surface area contributed by atoms with E-state index in [9.17, 15) is 0 Å². The molecular formula is C69H50N4Si. The van der Waals surface area contributed by atoms with Crippen molar-refractivity contribution in [1.29, 1.82) is 0 Å². The maximum atomic E-state index is 2.62. The summed E-state index contributed by atoms with van der Waals surface area (Å²) in [4.78, 5) is 4.89. The van der Waals surface area contributed by atoms with Crippen molar-refractivity contribution in [3.63, 3.8) is 0 Å². The van der Waals surface area contributed by atoms with E-state index in [2.05, 4.69) is 281 Å². The zero-order valence-corrected chi connectivity index (χ0v) is 42.6. The molecule has 0 amide bonds. The van der Waals surface area contributed by atoms with Gasteiger partial charge in [0.2, 0.25) is 0 Å². The Hall–Kier alpha value is -9.16. The zero-order chi connectivity index (χ0) is 49.2. The first kappa shape index (κ1) is 42.5. The van der Waals surface area contributed by atoms with Crippen molar-refractivity contribution in [1.82, 2.24) is 8.80 Å². The summed E-state index contributed by atoms with van der Waals surface area (Å²) in [6.45, 7) is 7.06. The number of anilines is 6. The SMILES string of the molecule is Cc1ccccc1N(c1ccccc1)c1ccc2c(c1)c1cccc3c4c(-c5ccccc5)c5c(c(-c6ccccc6)c4n2c13)c1cccc2c3cc(N(c4ccccc4)c4ccccc4[SiH](C)C)ccc3n5c21. The quantitative estimate of drug-likeness (QED) is 0.134. The Bertz CT molecular complexity index is 4640. The van der Waals surface area contributed by atoms with Crippen LogP contribution in [0.25, 0.3) is 98.4 Å². The van der Waals surface area contributed by atoms with Gasteiger partial charge in [-0.25, -0.2) is 0 Å². The second kappa shape index (κ2) is 16.4. The van der Waals surface area contributed by atoms with Crippen molar-refractivity contribution < 1.29 is 0 Å². The predicted molar refractivity (Wildman–Crippen MR) is 319 cm³/mol. The molecule has 0 aliphatic carbocycles. The number of hydrogen-bond donors (Lipinski definition) is 0. The van der Waals surface area contributed by atoms with Crippen LogP contribution in [-0.4, -0.2) is 17.6 Å². The molecule has 5 heteroatoms. The van der Waals surface area contributed by atoms with Crippen molar-refractivity contribution in [3.8, 4) is 22.3 Å². The van der Waals surface area contributed by atoms with Crippen LogP contribution in [0.4, 0.5) is 34.1 Å². The van der Waals surface area contributed by atoms with E-state index in [0.29, 0.717) is 0 Å². The van der Waals surface area contributed by atoms with E-state index in [0.717, 1.165) is 22.7 Å². The van der Waals surface area contributed by atoms with Gasteiger partial charge in [0.1, 0.15) is 0 Å². The average Bonchev–Trinajstić information content (AvgIpc) is 4.26. The number of benzene rings is 11. The highest BCUT2D eigenvalue weighted by Crippen LogP contribution is 2.55. The summed E-state index contributed by atoms with van der Waals surface area (Å²) in [5.41, 5.74) is 20.5. The van der Waals surface area contributed by atoms with Gasteiger partial charge in [-0.2, -0.15) is 0 Å². The summed E-state index contributed by atoms with van der Waals surface area (Å²) in [6.07, 6.45) is 0. The Labute approximate surface area is 431 Å². The predicted octanol–water partition coefficient (Wildman–Crippen LogP) is 18.3. The molecule has 0 aliphatic rings. The van der Waals surface area contributed by atoms with E-state index in [4.69, 9.17) is 0 Å². The van der Waals surface area contributed by atoms with Crippen LogP contribution in [0.15, 0.2) is 243 Å². The number of nitrogens with zero attached hydrogens (tertiary/aromatic N) is 4. The second-order valence-corrected chi connectivity index (χ2v) is 23.2. The maximum absolute atomic E-state index is 2.62. The van der Waals surface area contributed by atoms with Crippen LogP contribution >= 0.6 is 0 Å². The minimum atomic E-state index is -1.20. The fourth-order valence-corrected chi connectivity index (χ4v) is 14.0. The topological polar surface area (TPSA) is 15.3 Å². The molecule has 0 fully saturated rings. The highest BCUT2D eigenvalue weighted by molar-refractivity contribution is 6.72. The smallest absolute Gasteiger partial charge is 0.0674 e. The van der Waals surface area contributed by atoms with E-state index in [1.165, 1.54) is 121 Å². The molecular weight excluding hydrogens is 913 g/mol. The summed E-state index contributed by atoms with van der Waals surface area (Å²) in [5, 5.41) is 11.5. The monoisotopic (exact) mass is 962 g/mol. The van der Waals surface area contributed by atoms with Crippen LogP contribution in [0.3, 0.4) is 0 Å². The Kier molecular flexibility index (Phi) is 9.44. The Balaban J connectivity index is 1.08. The second-order valence-electron chi connectivity index (χ2n) is 20.2. The van der Waals surface area contributed by atoms with Crippen LogP contribution in [0.2, 0.25) is 13.1 Å². The molecule has 4 heterocycles. The number of para-hydroxylation sites is 6. The van der Waals surface area contributed by atoms with Gasteiger partial charge in [-0.15, -0.1) is 0 Å².